The SMILES string of the molecule is C=C(C)C[Si](CC)(CC)CC. The summed E-state index contributed by atoms with van der Waals surface area (Å²) in [5.41, 5.74) is 1.39. The first kappa shape index (κ1) is 11.0. The van der Waals surface area contributed by atoms with Gasteiger partial charge in [0, 0.05) is 0 Å². The number of allylic oxidation sites excluding steroid dienone is 1. The van der Waals surface area contributed by atoms with Gasteiger partial charge in [-0.2, -0.15) is 0 Å². The molecular weight excluding hydrogens is 148 g/mol. The Morgan fingerprint density at radius 1 is 1.09 bits per heavy atom. The van der Waals surface area contributed by atoms with Gasteiger partial charge in [0.1, 0.15) is 0 Å². The maximum Gasteiger partial charge on any atom is 0.0567 e. The van der Waals surface area contributed by atoms with Gasteiger partial charge in [0.2, 0.25) is 0 Å². The first-order valence-corrected chi connectivity index (χ1v) is 7.57. The van der Waals surface area contributed by atoms with E-state index in [0.29, 0.717) is 0 Å². The van der Waals surface area contributed by atoms with Crippen molar-refractivity contribution in [1.29, 1.82) is 0 Å². The predicted molar refractivity (Wildman–Crippen MR) is 56.8 cm³/mol. The van der Waals surface area contributed by atoms with Crippen LogP contribution >= 0.6 is 0 Å². The minimum absolute atomic E-state index is 0.880. The van der Waals surface area contributed by atoms with Crippen molar-refractivity contribution < 1.29 is 0 Å². The first-order valence-electron chi connectivity index (χ1n) is 4.74. The molecule has 0 aliphatic heterocycles. The summed E-state index contributed by atoms with van der Waals surface area (Å²) in [5, 5.41) is 0. The molecule has 0 radical (unpaired) electrons. The largest absolute Gasteiger partial charge is 0.100 e. The lowest BCUT2D eigenvalue weighted by Gasteiger charge is -2.28. The van der Waals surface area contributed by atoms with Crippen molar-refractivity contribution in [2.75, 3.05) is 0 Å². The standard InChI is InChI=1S/C10H22Si/c1-6-11(7-2,8-3)9-10(4)5/h4,6-9H2,1-3,5H3. The van der Waals surface area contributed by atoms with Gasteiger partial charge in [0.15, 0.2) is 0 Å². The Labute approximate surface area is 72.7 Å². The van der Waals surface area contributed by atoms with Gasteiger partial charge in [-0.15, -0.1) is 6.58 Å². The second-order valence-electron chi connectivity index (χ2n) is 3.69. The summed E-state index contributed by atoms with van der Waals surface area (Å²) in [7, 11) is -0.880. The Hall–Kier alpha value is -0.0431. The molecule has 0 atom stereocenters. The zero-order chi connectivity index (χ0) is 8.91. The summed E-state index contributed by atoms with van der Waals surface area (Å²) >= 11 is 0. The van der Waals surface area contributed by atoms with Gasteiger partial charge in [-0.3, -0.25) is 0 Å². The summed E-state index contributed by atoms with van der Waals surface area (Å²) in [6.45, 7) is 13.2. The van der Waals surface area contributed by atoms with Crippen molar-refractivity contribution in [2.45, 2.75) is 51.9 Å². The molecule has 0 N–H and O–H groups in total. The van der Waals surface area contributed by atoms with Gasteiger partial charge >= 0.3 is 0 Å². The van der Waals surface area contributed by atoms with Gasteiger partial charge < -0.3 is 0 Å². The van der Waals surface area contributed by atoms with Gasteiger partial charge in [-0.05, 0) is 13.0 Å². The van der Waals surface area contributed by atoms with Crippen molar-refractivity contribution >= 4 is 8.07 Å². The van der Waals surface area contributed by atoms with Crippen molar-refractivity contribution in [1.82, 2.24) is 0 Å². The average molecular weight is 170 g/mol. The molecule has 0 bridgehead atoms. The van der Waals surface area contributed by atoms with E-state index in [2.05, 4.69) is 34.3 Å². The van der Waals surface area contributed by atoms with Crippen LogP contribution in [0.1, 0.15) is 27.7 Å². The van der Waals surface area contributed by atoms with E-state index >= 15 is 0 Å². The number of hydrogen-bond acceptors (Lipinski definition) is 0. The zero-order valence-electron chi connectivity index (χ0n) is 8.54. The van der Waals surface area contributed by atoms with Crippen LogP contribution < -0.4 is 0 Å². The van der Waals surface area contributed by atoms with Gasteiger partial charge in [-0.1, -0.05) is 44.5 Å². The van der Waals surface area contributed by atoms with Gasteiger partial charge in [0.25, 0.3) is 0 Å². The third kappa shape index (κ3) is 3.24. The molecule has 0 saturated heterocycles. The Balaban J connectivity index is 4.16. The maximum absolute atomic E-state index is 4.02. The molecule has 0 rings (SSSR count). The molecule has 0 spiro atoms. The summed E-state index contributed by atoms with van der Waals surface area (Å²) in [4.78, 5) is 0. The Morgan fingerprint density at radius 2 is 1.45 bits per heavy atom. The fraction of sp³-hybridized carbons (Fsp3) is 0.800. The molecule has 66 valence electrons. The normalized spacial score (nSPS) is 11.6. The summed E-state index contributed by atoms with van der Waals surface area (Å²) < 4.78 is 0. The van der Waals surface area contributed by atoms with Crippen molar-refractivity contribution in [2.24, 2.45) is 0 Å². The molecule has 0 unspecified atom stereocenters. The zero-order valence-corrected chi connectivity index (χ0v) is 9.54. The minimum Gasteiger partial charge on any atom is -0.100 e. The highest BCUT2D eigenvalue weighted by Gasteiger charge is 2.25. The Kier molecular flexibility index (Phi) is 4.74. The molecule has 0 fully saturated rings. The van der Waals surface area contributed by atoms with E-state index in [1.807, 2.05) is 0 Å². The minimum atomic E-state index is -0.880. The molecule has 1 heteroatoms. The summed E-state index contributed by atoms with van der Waals surface area (Å²) in [6, 6.07) is 5.61. The molecule has 0 aliphatic rings. The number of hydrogen-bond donors (Lipinski definition) is 0. The topological polar surface area (TPSA) is 0 Å². The highest BCUT2D eigenvalue weighted by Crippen LogP contribution is 2.27. The van der Waals surface area contributed by atoms with Crippen molar-refractivity contribution in [3.8, 4) is 0 Å². The summed E-state index contributed by atoms with van der Waals surface area (Å²) in [6.07, 6.45) is 0. The quantitative estimate of drug-likeness (QED) is 0.431. The van der Waals surface area contributed by atoms with E-state index < -0.39 is 8.07 Å². The first-order chi connectivity index (χ1) is 5.10. The summed E-state index contributed by atoms with van der Waals surface area (Å²) in [5.74, 6) is 0. The van der Waals surface area contributed by atoms with Gasteiger partial charge in [0.05, 0.1) is 8.07 Å². The van der Waals surface area contributed by atoms with Crippen LogP contribution in [-0.4, -0.2) is 8.07 Å². The van der Waals surface area contributed by atoms with E-state index in [0.717, 1.165) is 0 Å². The van der Waals surface area contributed by atoms with E-state index in [9.17, 15) is 0 Å². The molecule has 0 amide bonds. The van der Waals surface area contributed by atoms with Crippen LogP contribution in [0.2, 0.25) is 24.2 Å². The molecule has 0 aromatic heterocycles. The number of rotatable bonds is 5. The van der Waals surface area contributed by atoms with Gasteiger partial charge in [-0.25, -0.2) is 0 Å². The van der Waals surface area contributed by atoms with Crippen LogP contribution in [0.15, 0.2) is 12.2 Å². The van der Waals surface area contributed by atoms with E-state index in [1.54, 1.807) is 0 Å². The molecule has 0 aliphatic carbocycles. The Morgan fingerprint density at radius 3 is 1.55 bits per heavy atom. The molecule has 0 aromatic carbocycles. The maximum atomic E-state index is 4.02. The van der Waals surface area contributed by atoms with Crippen LogP contribution in [-0.2, 0) is 0 Å². The van der Waals surface area contributed by atoms with E-state index in [4.69, 9.17) is 0 Å². The van der Waals surface area contributed by atoms with Crippen LogP contribution in [0.5, 0.6) is 0 Å². The average Bonchev–Trinajstić information content (AvgIpc) is 2.00. The third-order valence-electron chi connectivity index (χ3n) is 2.93. The lowest BCUT2D eigenvalue weighted by molar-refractivity contribution is 1.12. The molecule has 11 heavy (non-hydrogen) atoms. The lowest BCUT2D eigenvalue weighted by Crippen LogP contribution is -2.30. The van der Waals surface area contributed by atoms with Crippen LogP contribution in [0, 0.1) is 0 Å². The van der Waals surface area contributed by atoms with Crippen LogP contribution in [0.3, 0.4) is 0 Å². The fourth-order valence-electron chi connectivity index (χ4n) is 1.77. The molecule has 0 nitrogen and oxygen atoms in total. The smallest absolute Gasteiger partial charge is 0.0567 e. The third-order valence-corrected chi connectivity index (χ3v) is 8.78. The Bertz CT molecular complexity index is 115. The lowest BCUT2D eigenvalue weighted by atomic mass is 10.4. The van der Waals surface area contributed by atoms with Crippen LogP contribution in [0.25, 0.3) is 0 Å². The second kappa shape index (κ2) is 4.76. The molecule has 0 heterocycles. The van der Waals surface area contributed by atoms with Crippen molar-refractivity contribution in [3.63, 3.8) is 0 Å². The highest BCUT2D eigenvalue weighted by atomic mass is 28.3. The predicted octanol–water partition coefficient (Wildman–Crippen LogP) is 4.07. The fourth-order valence-corrected chi connectivity index (χ4v) is 5.30. The second-order valence-corrected chi connectivity index (χ2v) is 9.17. The van der Waals surface area contributed by atoms with E-state index in [1.165, 1.54) is 29.7 Å². The van der Waals surface area contributed by atoms with Crippen LogP contribution in [0.4, 0.5) is 0 Å². The highest BCUT2D eigenvalue weighted by molar-refractivity contribution is 6.80. The van der Waals surface area contributed by atoms with E-state index in [-0.39, 0.29) is 0 Å². The molecule has 0 saturated carbocycles. The van der Waals surface area contributed by atoms with Crippen molar-refractivity contribution in [3.05, 3.63) is 12.2 Å². The monoisotopic (exact) mass is 170 g/mol. The molecule has 0 aromatic rings. The molecular formula is C10H22Si.